The van der Waals surface area contributed by atoms with Gasteiger partial charge in [0.05, 0.1) is 0 Å². The van der Waals surface area contributed by atoms with Crippen LogP contribution in [0.1, 0.15) is 38.5 Å². The predicted molar refractivity (Wildman–Crippen MR) is 107 cm³/mol. The summed E-state index contributed by atoms with van der Waals surface area (Å²) in [5.74, 6) is 0.796. The normalized spacial score (nSPS) is 24.9. The Morgan fingerprint density at radius 3 is 2.57 bits per heavy atom. The molecule has 2 heterocycles. The lowest BCUT2D eigenvalue weighted by atomic mass is 9.85. The minimum Gasteiger partial charge on any atom is -0.484 e. The Balaban J connectivity index is 1.30. The van der Waals surface area contributed by atoms with Gasteiger partial charge in [-0.05, 0) is 61.4 Å². The van der Waals surface area contributed by atoms with Crippen molar-refractivity contribution < 1.29 is 14.3 Å². The highest BCUT2D eigenvalue weighted by molar-refractivity contribution is 5.93. The molecule has 2 aromatic rings. The van der Waals surface area contributed by atoms with E-state index in [2.05, 4.69) is 6.07 Å². The van der Waals surface area contributed by atoms with E-state index in [4.69, 9.17) is 4.74 Å². The standard InChI is InChI=1S/C23H26N2O3/c26-21(16-28-20-10-7-17-5-1-2-6-18(17)15-20)25-14-4-12-23(25)11-3-13-24(22(23)27)19-8-9-19/h1-2,5-7,10,15,19H,3-4,8-9,11-14,16H2. The number of rotatable bonds is 4. The van der Waals surface area contributed by atoms with Gasteiger partial charge in [0.25, 0.3) is 5.91 Å². The quantitative estimate of drug-likeness (QED) is 0.820. The van der Waals surface area contributed by atoms with Crippen LogP contribution < -0.4 is 4.74 Å². The lowest BCUT2D eigenvalue weighted by molar-refractivity contribution is -0.156. The number of nitrogens with zero attached hydrogens (tertiary/aromatic N) is 2. The highest BCUT2D eigenvalue weighted by Crippen LogP contribution is 2.41. The zero-order valence-corrected chi connectivity index (χ0v) is 16.1. The van der Waals surface area contributed by atoms with E-state index in [1.54, 1.807) is 0 Å². The third kappa shape index (κ3) is 2.93. The smallest absolute Gasteiger partial charge is 0.261 e. The van der Waals surface area contributed by atoms with Gasteiger partial charge in [0.2, 0.25) is 5.91 Å². The minimum absolute atomic E-state index is 0.0171. The second-order valence-electron chi connectivity index (χ2n) is 8.31. The van der Waals surface area contributed by atoms with Crippen LogP contribution in [-0.2, 0) is 9.59 Å². The van der Waals surface area contributed by atoms with Crippen LogP contribution in [0.25, 0.3) is 10.8 Å². The fraction of sp³-hybridized carbons (Fsp3) is 0.478. The summed E-state index contributed by atoms with van der Waals surface area (Å²) in [6.07, 6.45) is 5.68. The van der Waals surface area contributed by atoms with E-state index >= 15 is 0 Å². The van der Waals surface area contributed by atoms with Gasteiger partial charge < -0.3 is 14.5 Å². The Kier molecular flexibility index (Phi) is 4.26. The lowest BCUT2D eigenvalue weighted by Gasteiger charge is -2.44. The molecule has 2 aromatic carbocycles. The molecule has 0 N–H and O–H groups in total. The van der Waals surface area contributed by atoms with Crippen LogP contribution in [0.15, 0.2) is 42.5 Å². The van der Waals surface area contributed by atoms with E-state index in [1.165, 1.54) is 0 Å². The SMILES string of the molecule is O=C(COc1ccc2ccccc2c1)N1CCCC12CCCN(C1CC1)C2=O. The third-order valence-corrected chi connectivity index (χ3v) is 6.51. The molecule has 3 fully saturated rings. The Hall–Kier alpha value is -2.56. The number of hydrogen-bond donors (Lipinski definition) is 0. The number of amides is 2. The van der Waals surface area contributed by atoms with Crippen LogP contribution in [0.4, 0.5) is 0 Å². The Morgan fingerprint density at radius 2 is 1.79 bits per heavy atom. The van der Waals surface area contributed by atoms with Gasteiger partial charge in [-0.2, -0.15) is 0 Å². The first-order valence-corrected chi connectivity index (χ1v) is 10.4. The van der Waals surface area contributed by atoms with Crippen LogP contribution in [0.5, 0.6) is 5.75 Å². The van der Waals surface area contributed by atoms with Gasteiger partial charge in [-0.15, -0.1) is 0 Å². The molecule has 1 spiro atoms. The van der Waals surface area contributed by atoms with Crippen molar-refractivity contribution in [3.05, 3.63) is 42.5 Å². The fourth-order valence-corrected chi connectivity index (χ4v) is 4.96. The summed E-state index contributed by atoms with van der Waals surface area (Å²) < 4.78 is 5.83. The molecule has 5 nitrogen and oxygen atoms in total. The Bertz CT molecular complexity index is 923. The topological polar surface area (TPSA) is 49.9 Å². The van der Waals surface area contributed by atoms with Crippen LogP contribution >= 0.6 is 0 Å². The summed E-state index contributed by atoms with van der Waals surface area (Å²) >= 11 is 0. The number of likely N-dealkylation sites (tertiary alicyclic amines) is 2. The number of carbonyl (C=O) groups is 2. The molecule has 2 amide bonds. The number of ether oxygens (including phenoxy) is 1. The zero-order chi connectivity index (χ0) is 19.1. The zero-order valence-electron chi connectivity index (χ0n) is 16.1. The molecule has 0 aromatic heterocycles. The second kappa shape index (κ2) is 6.80. The van der Waals surface area contributed by atoms with E-state index in [1.807, 2.05) is 46.2 Å². The number of carbonyl (C=O) groups excluding carboxylic acids is 2. The molecule has 5 heteroatoms. The molecule has 0 bridgehead atoms. The van der Waals surface area contributed by atoms with Gasteiger partial charge in [0.1, 0.15) is 11.3 Å². The average molecular weight is 378 g/mol. The van der Waals surface area contributed by atoms with Crippen molar-refractivity contribution in [1.29, 1.82) is 0 Å². The van der Waals surface area contributed by atoms with Crippen molar-refractivity contribution >= 4 is 22.6 Å². The molecule has 1 saturated carbocycles. The predicted octanol–water partition coefficient (Wildman–Crippen LogP) is 3.36. The Morgan fingerprint density at radius 1 is 1.04 bits per heavy atom. The number of fused-ring (bicyclic) bond motifs is 1. The highest BCUT2D eigenvalue weighted by atomic mass is 16.5. The number of piperidine rings is 1. The van der Waals surface area contributed by atoms with Gasteiger partial charge in [-0.1, -0.05) is 30.3 Å². The third-order valence-electron chi connectivity index (χ3n) is 6.51. The van der Waals surface area contributed by atoms with Crippen molar-refractivity contribution in [1.82, 2.24) is 9.80 Å². The molecule has 1 atom stereocenters. The molecule has 5 rings (SSSR count). The highest BCUT2D eigenvalue weighted by Gasteiger charge is 2.54. The first kappa shape index (κ1) is 17.5. The summed E-state index contributed by atoms with van der Waals surface area (Å²) in [7, 11) is 0. The van der Waals surface area contributed by atoms with Crippen molar-refractivity contribution in [2.45, 2.75) is 50.1 Å². The van der Waals surface area contributed by atoms with Crippen LogP contribution in [0, 0.1) is 0 Å². The van der Waals surface area contributed by atoms with Crippen LogP contribution in [0.3, 0.4) is 0 Å². The maximum atomic E-state index is 13.3. The van der Waals surface area contributed by atoms with E-state index in [9.17, 15) is 9.59 Å². The molecule has 28 heavy (non-hydrogen) atoms. The molecule has 0 radical (unpaired) electrons. The number of hydrogen-bond acceptors (Lipinski definition) is 3. The average Bonchev–Trinajstić information content (AvgIpc) is 3.48. The largest absolute Gasteiger partial charge is 0.484 e. The minimum atomic E-state index is -0.620. The molecular weight excluding hydrogens is 352 g/mol. The molecule has 146 valence electrons. The molecule has 2 saturated heterocycles. The summed E-state index contributed by atoms with van der Waals surface area (Å²) in [4.78, 5) is 30.1. The fourth-order valence-electron chi connectivity index (χ4n) is 4.96. The van der Waals surface area contributed by atoms with Crippen LogP contribution in [0.2, 0.25) is 0 Å². The van der Waals surface area contributed by atoms with Gasteiger partial charge in [0, 0.05) is 19.1 Å². The summed E-state index contributed by atoms with van der Waals surface area (Å²) in [5.41, 5.74) is -0.620. The van der Waals surface area contributed by atoms with Crippen molar-refractivity contribution in [2.24, 2.45) is 0 Å². The van der Waals surface area contributed by atoms with E-state index in [-0.39, 0.29) is 18.4 Å². The summed E-state index contributed by atoms with van der Waals surface area (Å²) in [5, 5.41) is 2.24. The maximum absolute atomic E-state index is 13.3. The molecule has 1 unspecified atom stereocenters. The second-order valence-corrected chi connectivity index (χ2v) is 8.31. The van der Waals surface area contributed by atoms with Gasteiger partial charge in [-0.3, -0.25) is 9.59 Å². The molecular formula is C23H26N2O3. The first-order valence-electron chi connectivity index (χ1n) is 10.4. The number of benzene rings is 2. The van der Waals surface area contributed by atoms with Gasteiger partial charge >= 0.3 is 0 Å². The monoisotopic (exact) mass is 378 g/mol. The summed E-state index contributed by atoms with van der Waals surface area (Å²) in [6, 6.07) is 14.4. The van der Waals surface area contributed by atoms with Crippen molar-refractivity contribution in [3.63, 3.8) is 0 Å². The molecule has 2 aliphatic heterocycles. The van der Waals surface area contributed by atoms with Crippen molar-refractivity contribution in [3.8, 4) is 5.75 Å². The maximum Gasteiger partial charge on any atom is 0.261 e. The lowest BCUT2D eigenvalue weighted by Crippen LogP contribution is -2.62. The van der Waals surface area contributed by atoms with Gasteiger partial charge in [0.15, 0.2) is 6.61 Å². The van der Waals surface area contributed by atoms with E-state index in [0.717, 1.165) is 55.8 Å². The molecule has 3 aliphatic rings. The van der Waals surface area contributed by atoms with E-state index in [0.29, 0.717) is 18.3 Å². The van der Waals surface area contributed by atoms with Gasteiger partial charge in [-0.25, -0.2) is 0 Å². The van der Waals surface area contributed by atoms with E-state index < -0.39 is 5.54 Å². The van der Waals surface area contributed by atoms with Crippen LogP contribution in [-0.4, -0.2) is 52.9 Å². The Labute approximate surface area is 165 Å². The van der Waals surface area contributed by atoms with Crippen molar-refractivity contribution in [2.75, 3.05) is 19.7 Å². The molecule has 1 aliphatic carbocycles. The summed E-state index contributed by atoms with van der Waals surface area (Å²) in [6.45, 7) is 1.49. The first-order chi connectivity index (χ1) is 13.7.